The maximum atomic E-state index is 13.5. The van der Waals surface area contributed by atoms with Crippen LogP contribution in [-0.2, 0) is 6.54 Å². The van der Waals surface area contributed by atoms with E-state index in [1.807, 2.05) is 18.2 Å². The van der Waals surface area contributed by atoms with E-state index < -0.39 is 11.6 Å². The second-order valence-electron chi connectivity index (χ2n) is 6.41. The zero-order valence-corrected chi connectivity index (χ0v) is 13.3. The highest BCUT2D eigenvalue weighted by molar-refractivity contribution is 5.47. The van der Waals surface area contributed by atoms with E-state index in [-0.39, 0.29) is 0 Å². The zero-order chi connectivity index (χ0) is 16.2. The largest absolute Gasteiger partial charge is 0.370 e. The molecule has 0 radical (unpaired) electrons. The van der Waals surface area contributed by atoms with Crippen molar-refractivity contribution in [3.63, 3.8) is 0 Å². The molecule has 1 N–H and O–H groups in total. The van der Waals surface area contributed by atoms with Crippen LogP contribution in [0.15, 0.2) is 48.5 Å². The summed E-state index contributed by atoms with van der Waals surface area (Å²) in [6.07, 6.45) is 1.09. The third kappa shape index (κ3) is 4.08. The molecule has 2 atom stereocenters. The van der Waals surface area contributed by atoms with Crippen LogP contribution in [0.25, 0.3) is 0 Å². The predicted octanol–water partition coefficient (Wildman–Crippen LogP) is 3.97. The van der Waals surface area contributed by atoms with E-state index in [2.05, 4.69) is 29.3 Å². The Balaban J connectivity index is 1.65. The first kappa shape index (κ1) is 15.9. The fourth-order valence-electron chi connectivity index (χ4n) is 3.25. The van der Waals surface area contributed by atoms with Crippen LogP contribution < -0.4 is 10.2 Å². The molecule has 2 unspecified atom stereocenters. The Bertz CT molecular complexity index is 645. The molecule has 0 amide bonds. The van der Waals surface area contributed by atoms with Gasteiger partial charge in [-0.1, -0.05) is 37.3 Å². The summed E-state index contributed by atoms with van der Waals surface area (Å²) in [5, 5.41) is 3.58. The van der Waals surface area contributed by atoms with Crippen molar-refractivity contribution in [2.24, 2.45) is 5.92 Å². The lowest BCUT2D eigenvalue weighted by Crippen LogP contribution is -2.48. The maximum absolute atomic E-state index is 13.5. The minimum Gasteiger partial charge on any atom is -0.370 e. The van der Waals surface area contributed by atoms with Gasteiger partial charge in [-0.15, -0.1) is 0 Å². The molecule has 4 heteroatoms. The number of benzene rings is 2. The molecule has 0 aliphatic carbocycles. The van der Waals surface area contributed by atoms with Gasteiger partial charge in [0.25, 0.3) is 0 Å². The molecule has 122 valence electrons. The van der Waals surface area contributed by atoms with Gasteiger partial charge in [0.1, 0.15) is 0 Å². The number of rotatable bonds is 4. The van der Waals surface area contributed by atoms with Crippen molar-refractivity contribution in [2.45, 2.75) is 25.9 Å². The second kappa shape index (κ2) is 7.09. The van der Waals surface area contributed by atoms with Crippen LogP contribution in [0.4, 0.5) is 14.5 Å². The molecule has 1 fully saturated rings. The average molecular weight is 316 g/mol. The standard InChI is InChI=1S/C19H22F2N2/c1-14-9-16(22-11-15-5-3-2-4-6-15)13-23(12-14)17-7-8-18(20)19(21)10-17/h2-8,10,14,16,22H,9,11-13H2,1H3. The summed E-state index contributed by atoms with van der Waals surface area (Å²) < 4.78 is 26.6. The topological polar surface area (TPSA) is 15.3 Å². The fourth-order valence-corrected chi connectivity index (χ4v) is 3.25. The van der Waals surface area contributed by atoms with Crippen LogP contribution >= 0.6 is 0 Å². The van der Waals surface area contributed by atoms with Crippen molar-refractivity contribution in [1.82, 2.24) is 5.32 Å². The smallest absolute Gasteiger partial charge is 0.160 e. The molecule has 2 aromatic carbocycles. The Labute approximate surface area is 136 Å². The van der Waals surface area contributed by atoms with E-state index in [0.29, 0.717) is 12.0 Å². The van der Waals surface area contributed by atoms with Crippen molar-refractivity contribution in [1.29, 1.82) is 0 Å². The molecule has 23 heavy (non-hydrogen) atoms. The van der Waals surface area contributed by atoms with Gasteiger partial charge in [0.15, 0.2) is 11.6 Å². The maximum Gasteiger partial charge on any atom is 0.160 e. The summed E-state index contributed by atoms with van der Waals surface area (Å²) >= 11 is 0. The lowest BCUT2D eigenvalue weighted by atomic mass is 9.95. The molecule has 2 aromatic rings. The molecule has 0 bridgehead atoms. The van der Waals surface area contributed by atoms with Crippen molar-refractivity contribution in [2.75, 3.05) is 18.0 Å². The highest BCUT2D eigenvalue weighted by Crippen LogP contribution is 2.25. The highest BCUT2D eigenvalue weighted by Gasteiger charge is 2.25. The van der Waals surface area contributed by atoms with Crippen LogP contribution in [0.3, 0.4) is 0 Å². The summed E-state index contributed by atoms with van der Waals surface area (Å²) in [4.78, 5) is 2.14. The quantitative estimate of drug-likeness (QED) is 0.918. The molecular weight excluding hydrogens is 294 g/mol. The van der Waals surface area contributed by atoms with Crippen LogP contribution in [0.2, 0.25) is 0 Å². The Kier molecular flexibility index (Phi) is 4.91. The highest BCUT2D eigenvalue weighted by atomic mass is 19.2. The Hall–Kier alpha value is -1.94. The van der Waals surface area contributed by atoms with Crippen molar-refractivity contribution < 1.29 is 8.78 Å². The van der Waals surface area contributed by atoms with Crippen LogP contribution in [-0.4, -0.2) is 19.1 Å². The van der Waals surface area contributed by atoms with Gasteiger partial charge in [0, 0.05) is 37.4 Å². The van der Waals surface area contributed by atoms with E-state index in [9.17, 15) is 8.78 Å². The Morgan fingerprint density at radius 2 is 1.83 bits per heavy atom. The van der Waals surface area contributed by atoms with E-state index in [4.69, 9.17) is 0 Å². The molecular formula is C19H22F2N2. The molecule has 0 aromatic heterocycles. The lowest BCUT2D eigenvalue weighted by Gasteiger charge is -2.38. The summed E-state index contributed by atoms with van der Waals surface area (Å²) in [6, 6.07) is 14.8. The van der Waals surface area contributed by atoms with E-state index >= 15 is 0 Å². The molecule has 1 heterocycles. The Morgan fingerprint density at radius 1 is 1.04 bits per heavy atom. The van der Waals surface area contributed by atoms with Crippen molar-refractivity contribution >= 4 is 5.69 Å². The van der Waals surface area contributed by atoms with Gasteiger partial charge < -0.3 is 10.2 Å². The number of hydrogen-bond acceptors (Lipinski definition) is 2. The third-order valence-electron chi connectivity index (χ3n) is 4.37. The normalized spacial score (nSPS) is 21.4. The van der Waals surface area contributed by atoms with E-state index in [1.54, 1.807) is 6.07 Å². The van der Waals surface area contributed by atoms with Gasteiger partial charge in [-0.25, -0.2) is 8.78 Å². The van der Waals surface area contributed by atoms with Gasteiger partial charge in [0.05, 0.1) is 0 Å². The first-order valence-electron chi connectivity index (χ1n) is 8.09. The second-order valence-corrected chi connectivity index (χ2v) is 6.41. The molecule has 0 saturated carbocycles. The summed E-state index contributed by atoms with van der Waals surface area (Å²) in [5.41, 5.74) is 2.01. The van der Waals surface area contributed by atoms with Gasteiger partial charge >= 0.3 is 0 Å². The number of nitrogens with zero attached hydrogens (tertiary/aromatic N) is 1. The van der Waals surface area contributed by atoms with E-state index in [1.165, 1.54) is 17.7 Å². The van der Waals surface area contributed by atoms with Crippen molar-refractivity contribution in [3.8, 4) is 0 Å². The molecule has 1 aliphatic heterocycles. The number of anilines is 1. The minimum atomic E-state index is -0.794. The van der Waals surface area contributed by atoms with E-state index in [0.717, 1.165) is 31.7 Å². The van der Waals surface area contributed by atoms with Gasteiger partial charge in [-0.2, -0.15) is 0 Å². The zero-order valence-electron chi connectivity index (χ0n) is 13.3. The Morgan fingerprint density at radius 3 is 2.57 bits per heavy atom. The fraction of sp³-hybridized carbons (Fsp3) is 0.368. The van der Waals surface area contributed by atoms with Gasteiger partial charge in [0.2, 0.25) is 0 Å². The summed E-state index contributed by atoms with van der Waals surface area (Å²) in [7, 11) is 0. The predicted molar refractivity (Wildman–Crippen MR) is 89.4 cm³/mol. The van der Waals surface area contributed by atoms with Gasteiger partial charge in [-0.3, -0.25) is 0 Å². The molecule has 1 aliphatic rings. The first-order valence-corrected chi connectivity index (χ1v) is 8.09. The van der Waals surface area contributed by atoms with Gasteiger partial charge in [-0.05, 0) is 30.0 Å². The average Bonchev–Trinajstić information content (AvgIpc) is 2.56. The molecule has 3 rings (SSSR count). The summed E-state index contributed by atoms with van der Waals surface area (Å²) in [6.45, 7) is 4.70. The van der Waals surface area contributed by atoms with Crippen molar-refractivity contribution in [3.05, 3.63) is 65.7 Å². The number of halogens is 2. The van der Waals surface area contributed by atoms with Crippen LogP contribution in [0, 0.1) is 17.6 Å². The SMILES string of the molecule is CC1CC(NCc2ccccc2)CN(c2ccc(F)c(F)c2)C1. The van der Waals surface area contributed by atoms with Crippen LogP contribution in [0.1, 0.15) is 18.9 Å². The third-order valence-corrected chi connectivity index (χ3v) is 4.37. The minimum absolute atomic E-state index is 0.340. The monoisotopic (exact) mass is 316 g/mol. The molecule has 0 spiro atoms. The lowest BCUT2D eigenvalue weighted by molar-refractivity contribution is 0.349. The number of piperidine rings is 1. The number of nitrogens with one attached hydrogen (secondary N) is 1. The molecule has 2 nitrogen and oxygen atoms in total. The molecule has 1 saturated heterocycles. The van der Waals surface area contributed by atoms with Crippen LogP contribution in [0.5, 0.6) is 0 Å². The number of hydrogen-bond donors (Lipinski definition) is 1. The summed E-state index contributed by atoms with van der Waals surface area (Å²) in [5.74, 6) is -1.07. The first-order chi connectivity index (χ1) is 11.1.